The summed E-state index contributed by atoms with van der Waals surface area (Å²) in [7, 11) is 1.62. The van der Waals surface area contributed by atoms with Crippen LogP contribution in [0, 0.1) is 5.82 Å². The zero-order chi connectivity index (χ0) is 14.5. The van der Waals surface area contributed by atoms with Gasteiger partial charge in [-0.25, -0.2) is 4.39 Å². The van der Waals surface area contributed by atoms with Crippen LogP contribution >= 0.6 is 15.9 Å². The SMILES string of the molecule is COc1ccc(CCC(O)c2c(F)cccc2Br)cc1. The molecule has 0 saturated heterocycles. The van der Waals surface area contributed by atoms with Crippen molar-refractivity contribution < 1.29 is 14.2 Å². The Morgan fingerprint density at radius 2 is 1.90 bits per heavy atom. The van der Waals surface area contributed by atoms with Crippen molar-refractivity contribution in [3.8, 4) is 5.75 Å². The zero-order valence-corrected chi connectivity index (χ0v) is 12.7. The molecule has 0 aliphatic heterocycles. The third kappa shape index (κ3) is 3.58. The van der Waals surface area contributed by atoms with Gasteiger partial charge in [-0.3, -0.25) is 0 Å². The van der Waals surface area contributed by atoms with Crippen LogP contribution in [0.1, 0.15) is 23.7 Å². The van der Waals surface area contributed by atoms with Gasteiger partial charge in [-0.05, 0) is 42.7 Å². The first-order valence-electron chi connectivity index (χ1n) is 6.36. The molecule has 0 aliphatic carbocycles. The molecule has 4 heteroatoms. The maximum atomic E-state index is 13.7. The van der Waals surface area contributed by atoms with Crippen LogP contribution in [0.2, 0.25) is 0 Å². The number of aliphatic hydroxyl groups is 1. The van der Waals surface area contributed by atoms with Crippen LogP contribution in [-0.2, 0) is 6.42 Å². The first kappa shape index (κ1) is 15.0. The summed E-state index contributed by atoms with van der Waals surface area (Å²) in [5.41, 5.74) is 1.40. The van der Waals surface area contributed by atoms with E-state index >= 15 is 0 Å². The Hall–Kier alpha value is -1.39. The number of aliphatic hydroxyl groups excluding tert-OH is 1. The van der Waals surface area contributed by atoms with Gasteiger partial charge >= 0.3 is 0 Å². The summed E-state index contributed by atoms with van der Waals surface area (Å²) in [6.45, 7) is 0. The molecule has 106 valence electrons. The molecule has 2 aromatic rings. The Labute approximate surface area is 126 Å². The standard InChI is InChI=1S/C16H16BrFO2/c1-20-12-8-5-11(6-9-12)7-10-15(19)16-13(17)3-2-4-14(16)18/h2-6,8-9,15,19H,7,10H2,1H3. The number of benzene rings is 2. The van der Waals surface area contributed by atoms with Crippen molar-refractivity contribution in [1.29, 1.82) is 0 Å². The Morgan fingerprint density at radius 1 is 1.20 bits per heavy atom. The molecular formula is C16H16BrFO2. The topological polar surface area (TPSA) is 29.5 Å². The molecule has 1 atom stereocenters. The molecule has 0 bridgehead atoms. The van der Waals surface area contributed by atoms with Crippen LogP contribution in [-0.4, -0.2) is 12.2 Å². The lowest BCUT2D eigenvalue weighted by Gasteiger charge is -2.14. The van der Waals surface area contributed by atoms with E-state index in [0.717, 1.165) is 11.3 Å². The summed E-state index contributed by atoms with van der Waals surface area (Å²) < 4.78 is 19.4. The molecule has 2 nitrogen and oxygen atoms in total. The number of halogens is 2. The van der Waals surface area contributed by atoms with E-state index < -0.39 is 6.10 Å². The van der Waals surface area contributed by atoms with Gasteiger partial charge in [0.15, 0.2) is 0 Å². The highest BCUT2D eigenvalue weighted by atomic mass is 79.9. The largest absolute Gasteiger partial charge is 0.497 e. The van der Waals surface area contributed by atoms with E-state index in [0.29, 0.717) is 22.9 Å². The Morgan fingerprint density at radius 3 is 2.50 bits per heavy atom. The molecule has 2 rings (SSSR count). The van der Waals surface area contributed by atoms with Crippen molar-refractivity contribution in [2.45, 2.75) is 18.9 Å². The third-order valence-electron chi connectivity index (χ3n) is 3.20. The van der Waals surface area contributed by atoms with Crippen molar-refractivity contribution >= 4 is 15.9 Å². The van der Waals surface area contributed by atoms with Gasteiger partial charge in [-0.15, -0.1) is 0 Å². The molecular weight excluding hydrogens is 323 g/mol. The summed E-state index contributed by atoms with van der Waals surface area (Å²) in [6.07, 6.45) is 0.310. The number of hydrogen-bond donors (Lipinski definition) is 1. The molecule has 0 aromatic heterocycles. The molecule has 0 saturated carbocycles. The summed E-state index contributed by atoms with van der Waals surface area (Å²) in [5.74, 6) is 0.410. The fourth-order valence-corrected chi connectivity index (χ4v) is 2.68. The monoisotopic (exact) mass is 338 g/mol. The molecule has 0 amide bonds. The second kappa shape index (κ2) is 6.86. The molecule has 0 heterocycles. The van der Waals surface area contributed by atoms with E-state index in [9.17, 15) is 9.50 Å². The van der Waals surface area contributed by atoms with Crippen molar-refractivity contribution in [3.05, 3.63) is 63.9 Å². The van der Waals surface area contributed by atoms with E-state index in [1.807, 2.05) is 24.3 Å². The highest BCUT2D eigenvalue weighted by Gasteiger charge is 2.16. The van der Waals surface area contributed by atoms with Crippen LogP contribution in [0.3, 0.4) is 0 Å². The summed E-state index contributed by atoms with van der Waals surface area (Å²) in [6, 6.07) is 12.3. The molecule has 0 spiro atoms. The average molecular weight is 339 g/mol. The number of ether oxygens (including phenoxy) is 1. The maximum absolute atomic E-state index is 13.7. The molecule has 0 aliphatic rings. The predicted octanol–water partition coefficient (Wildman–Crippen LogP) is 4.26. The maximum Gasteiger partial charge on any atom is 0.130 e. The number of hydrogen-bond acceptors (Lipinski definition) is 2. The fourth-order valence-electron chi connectivity index (χ4n) is 2.07. The van der Waals surface area contributed by atoms with E-state index in [1.165, 1.54) is 6.07 Å². The lowest BCUT2D eigenvalue weighted by atomic mass is 10.0. The lowest BCUT2D eigenvalue weighted by Crippen LogP contribution is -2.03. The summed E-state index contributed by atoms with van der Waals surface area (Å²) in [4.78, 5) is 0. The summed E-state index contributed by atoms with van der Waals surface area (Å²) >= 11 is 3.28. The van der Waals surface area contributed by atoms with Crippen molar-refractivity contribution in [1.82, 2.24) is 0 Å². The third-order valence-corrected chi connectivity index (χ3v) is 3.89. The van der Waals surface area contributed by atoms with Gasteiger partial charge in [0.05, 0.1) is 13.2 Å². The minimum Gasteiger partial charge on any atom is -0.497 e. The average Bonchev–Trinajstić information content (AvgIpc) is 2.45. The molecule has 2 aromatic carbocycles. The Bertz CT molecular complexity index is 549. The van der Waals surface area contributed by atoms with Crippen molar-refractivity contribution in [2.24, 2.45) is 0 Å². The quantitative estimate of drug-likeness (QED) is 0.882. The van der Waals surface area contributed by atoms with Crippen molar-refractivity contribution in [3.63, 3.8) is 0 Å². The number of methoxy groups -OCH3 is 1. The van der Waals surface area contributed by atoms with E-state index in [-0.39, 0.29) is 5.82 Å². The fraction of sp³-hybridized carbons (Fsp3) is 0.250. The minimum absolute atomic E-state index is 0.320. The molecule has 1 unspecified atom stereocenters. The second-order valence-corrected chi connectivity index (χ2v) is 5.39. The number of rotatable bonds is 5. The van der Waals surface area contributed by atoms with Gasteiger partial charge in [0.2, 0.25) is 0 Å². The van der Waals surface area contributed by atoms with Gasteiger partial charge in [-0.1, -0.05) is 34.1 Å². The highest BCUT2D eigenvalue weighted by molar-refractivity contribution is 9.10. The lowest BCUT2D eigenvalue weighted by molar-refractivity contribution is 0.162. The van der Waals surface area contributed by atoms with E-state index in [4.69, 9.17) is 4.74 Å². The normalized spacial score (nSPS) is 12.2. The van der Waals surface area contributed by atoms with Crippen LogP contribution in [0.4, 0.5) is 4.39 Å². The molecule has 20 heavy (non-hydrogen) atoms. The van der Waals surface area contributed by atoms with Crippen molar-refractivity contribution in [2.75, 3.05) is 7.11 Å². The van der Waals surface area contributed by atoms with Crippen LogP contribution < -0.4 is 4.74 Å². The molecule has 0 fully saturated rings. The molecule has 0 radical (unpaired) electrons. The van der Waals surface area contributed by atoms with Gasteiger partial charge in [0.1, 0.15) is 11.6 Å². The van der Waals surface area contributed by atoms with Gasteiger partial charge < -0.3 is 9.84 Å². The second-order valence-electron chi connectivity index (χ2n) is 4.54. The number of aryl methyl sites for hydroxylation is 1. The van der Waals surface area contributed by atoms with Crippen LogP contribution in [0.5, 0.6) is 5.75 Å². The first-order valence-corrected chi connectivity index (χ1v) is 7.16. The zero-order valence-electron chi connectivity index (χ0n) is 11.1. The van der Waals surface area contributed by atoms with Gasteiger partial charge in [0, 0.05) is 10.0 Å². The Kier molecular flexibility index (Phi) is 5.15. The minimum atomic E-state index is -0.826. The Balaban J connectivity index is 2.02. The first-order chi connectivity index (χ1) is 9.61. The predicted molar refractivity (Wildman–Crippen MR) is 80.4 cm³/mol. The molecule has 1 N–H and O–H groups in total. The van der Waals surface area contributed by atoms with Gasteiger partial charge in [-0.2, -0.15) is 0 Å². The smallest absolute Gasteiger partial charge is 0.130 e. The summed E-state index contributed by atoms with van der Waals surface area (Å²) in [5, 5.41) is 10.1. The van der Waals surface area contributed by atoms with Crippen LogP contribution in [0.25, 0.3) is 0 Å². The van der Waals surface area contributed by atoms with Gasteiger partial charge in [0.25, 0.3) is 0 Å². The highest BCUT2D eigenvalue weighted by Crippen LogP contribution is 2.29. The van der Waals surface area contributed by atoms with E-state index in [2.05, 4.69) is 15.9 Å². The van der Waals surface area contributed by atoms with E-state index in [1.54, 1.807) is 19.2 Å². The van der Waals surface area contributed by atoms with Crippen LogP contribution in [0.15, 0.2) is 46.9 Å².